The van der Waals surface area contributed by atoms with Crippen LogP contribution in [0.1, 0.15) is 55.7 Å². The largest absolute Gasteiger partial charge is 1.00 e. The summed E-state index contributed by atoms with van der Waals surface area (Å²) in [5.74, 6) is 2.34. The average Bonchev–Trinajstić information content (AvgIpc) is 3.37. The van der Waals surface area contributed by atoms with Crippen LogP contribution in [0.5, 0.6) is 5.75 Å². The van der Waals surface area contributed by atoms with Crippen molar-refractivity contribution >= 4 is 0 Å². The Labute approximate surface area is 220 Å². The van der Waals surface area contributed by atoms with Gasteiger partial charge >= 0.3 is 0 Å². The Morgan fingerprint density at radius 1 is 0.971 bits per heavy atom. The van der Waals surface area contributed by atoms with Gasteiger partial charge < -0.3 is 35.7 Å². The van der Waals surface area contributed by atoms with E-state index in [0.717, 1.165) is 73.2 Å². The van der Waals surface area contributed by atoms with Crippen molar-refractivity contribution in [2.75, 3.05) is 33.8 Å². The van der Waals surface area contributed by atoms with Crippen LogP contribution in [0.15, 0.2) is 71.3 Å². The molecule has 0 amide bonds. The normalized spacial score (nSPS) is 16.3. The number of likely N-dealkylation sites (N-methyl/N-ethyl adjacent to an activating group) is 1. The quantitative estimate of drug-likeness (QED) is 0.299. The predicted molar refractivity (Wildman–Crippen MR) is 135 cm³/mol. The summed E-state index contributed by atoms with van der Waals surface area (Å²) >= 11 is 0. The van der Waals surface area contributed by atoms with Crippen molar-refractivity contribution < 1.29 is 35.7 Å². The number of hydrogen-bond donors (Lipinski definition) is 1. The van der Waals surface area contributed by atoms with Crippen LogP contribution >= 0.6 is 0 Å². The molecule has 1 unspecified atom stereocenters. The highest BCUT2D eigenvalue weighted by Gasteiger charge is 2.44. The summed E-state index contributed by atoms with van der Waals surface area (Å²) in [7, 11) is 4.48. The number of rotatable bonds is 11. The molecule has 1 aliphatic rings. The van der Waals surface area contributed by atoms with Crippen molar-refractivity contribution in [2.24, 2.45) is 5.92 Å². The molecule has 4 rings (SSSR count). The fraction of sp³-hybridized carbons (Fsp3) is 0.483. The molecule has 1 N–H and O–H groups in total. The number of benzene rings is 2. The monoisotopic (exact) mass is 542 g/mol. The number of quaternary nitrogens is 1. The van der Waals surface area contributed by atoms with Crippen LogP contribution < -0.4 is 21.7 Å². The van der Waals surface area contributed by atoms with Crippen molar-refractivity contribution in [3.8, 4) is 5.75 Å². The molecule has 1 atom stereocenters. The highest BCUT2D eigenvalue weighted by atomic mass is 79.9. The van der Waals surface area contributed by atoms with Gasteiger partial charge in [-0.1, -0.05) is 67.8 Å². The zero-order valence-corrected chi connectivity index (χ0v) is 22.6. The standard InChI is InChI=1S/C29H39N2O3.BrH/c1-31(2,20-12-22-33-26-17-10-5-11-18-26)21-19-27-23-30-28(34-27)29(32,24-13-6-3-7-14-24)25-15-8-4-9-16-25;/h3,5-7,10-11,13-14,17-18,23,25,32H,4,8-9,12,15-16,19-22H2,1-2H3;1H/q+1;/p-1. The second-order valence-electron chi connectivity index (χ2n) is 10.2. The van der Waals surface area contributed by atoms with E-state index in [1.54, 1.807) is 0 Å². The minimum Gasteiger partial charge on any atom is -1.00 e. The van der Waals surface area contributed by atoms with E-state index >= 15 is 0 Å². The third-order valence-corrected chi connectivity index (χ3v) is 7.17. The van der Waals surface area contributed by atoms with E-state index in [1.807, 2.05) is 66.9 Å². The van der Waals surface area contributed by atoms with Crippen molar-refractivity contribution in [1.29, 1.82) is 0 Å². The number of oxazole rings is 1. The van der Waals surface area contributed by atoms with E-state index in [4.69, 9.17) is 9.15 Å². The van der Waals surface area contributed by atoms with Gasteiger partial charge in [-0.3, -0.25) is 0 Å². The number of hydrogen-bond acceptors (Lipinski definition) is 4. The van der Waals surface area contributed by atoms with Crippen molar-refractivity contribution in [3.05, 3.63) is 84.1 Å². The maximum Gasteiger partial charge on any atom is 0.231 e. The van der Waals surface area contributed by atoms with Gasteiger partial charge in [0.2, 0.25) is 5.89 Å². The summed E-state index contributed by atoms with van der Waals surface area (Å²) in [6, 6.07) is 19.9. The third kappa shape index (κ3) is 7.18. The number of para-hydroxylation sites is 1. The van der Waals surface area contributed by atoms with Crippen molar-refractivity contribution in [1.82, 2.24) is 4.98 Å². The summed E-state index contributed by atoms with van der Waals surface area (Å²) in [5.41, 5.74) is -0.288. The molecular weight excluding hydrogens is 504 g/mol. The van der Waals surface area contributed by atoms with E-state index in [2.05, 4.69) is 19.1 Å². The summed E-state index contributed by atoms with van der Waals surface area (Å²) in [6.45, 7) is 2.67. The molecular formula is C29H39BrN2O3. The Morgan fingerprint density at radius 3 is 2.31 bits per heavy atom. The number of aromatic nitrogens is 1. The molecule has 190 valence electrons. The van der Waals surface area contributed by atoms with Gasteiger partial charge in [0.15, 0.2) is 5.60 Å². The van der Waals surface area contributed by atoms with E-state index in [1.165, 1.54) is 6.42 Å². The number of ether oxygens (including phenoxy) is 1. The Kier molecular flexibility index (Phi) is 9.96. The molecule has 1 saturated carbocycles. The first-order valence-electron chi connectivity index (χ1n) is 12.7. The van der Waals surface area contributed by atoms with E-state index < -0.39 is 5.60 Å². The van der Waals surface area contributed by atoms with Crippen LogP contribution in [0.25, 0.3) is 0 Å². The molecule has 0 aliphatic heterocycles. The van der Waals surface area contributed by atoms with E-state index in [9.17, 15) is 5.11 Å². The smallest absolute Gasteiger partial charge is 0.231 e. The van der Waals surface area contributed by atoms with Crippen LogP contribution in [0, 0.1) is 5.92 Å². The Balaban J connectivity index is 0.00000342. The first kappa shape index (κ1) is 27.4. The lowest BCUT2D eigenvalue weighted by molar-refractivity contribution is -0.890. The summed E-state index contributed by atoms with van der Waals surface area (Å²) < 4.78 is 13.0. The first-order valence-corrected chi connectivity index (χ1v) is 12.7. The van der Waals surface area contributed by atoms with Gasteiger partial charge in [0.25, 0.3) is 0 Å². The predicted octanol–water partition coefficient (Wildman–Crippen LogP) is 2.58. The molecule has 3 aromatic rings. The van der Waals surface area contributed by atoms with E-state index in [0.29, 0.717) is 12.5 Å². The van der Waals surface area contributed by atoms with Gasteiger partial charge in [-0.05, 0) is 30.5 Å². The third-order valence-electron chi connectivity index (χ3n) is 7.17. The van der Waals surface area contributed by atoms with Crippen LogP contribution in [0.2, 0.25) is 0 Å². The second-order valence-corrected chi connectivity index (χ2v) is 10.2. The zero-order chi connectivity index (χ0) is 23.9. The molecule has 5 nitrogen and oxygen atoms in total. The number of aliphatic hydroxyl groups is 1. The molecule has 1 fully saturated rings. The topological polar surface area (TPSA) is 55.5 Å². The molecule has 0 spiro atoms. The molecule has 1 aliphatic carbocycles. The first-order chi connectivity index (χ1) is 16.5. The lowest BCUT2D eigenvalue weighted by atomic mass is 9.73. The van der Waals surface area contributed by atoms with Crippen LogP contribution in [-0.4, -0.2) is 48.4 Å². The molecule has 1 heterocycles. The van der Waals surface area contributed by atoms with Crippen LogP contribution in [0.3, 0.4) is 0 Å². The molecule has 6 heteroatoms. The Hall–Kier alpha value is -2.15. The van der Waals surface area contributed by atoms with Gasteiger partial charge in [0.05, 0.1) is 46.4 Å². The van der Waals surface area contributed by atoms with Crippen molar-refractivity contribution in [3.63, 3.8) is 0 Å². The lowest BCUT2D eigenvalue weighted by Gasteiger charge is -2.36. The Bertz CT molecular complexity index is 1000. The molecule has 0 bridgehead atoms. The second kappa shape index (κ2) is 12.7. The molecule has 2 aromatic carbocycles. The molecule has 0 saturated heterocycles. The van der Waals surface area contributed by atoms with E-state index in [-0.39, 0.29) is 22.9 Å². The highest BCUT2D eigenvalue weighted by molar-refractivity contribution is 5.30. The van der Waals surface area contributed by atoms with Gasteiger partial charge in [-0.2, -0.15) is 0 Å². The van der Waals surface area contributed by atoms with Gasteiger partial charge in [-0.25, -0.2) is 4.98 Å². The molecule has 0 radical (unpaired) electrons. The fourth-order valence-electron chi connectivity index (χ4n) is 5.07. The van der Waals surface area contributed by atoms with Crippen molar-refractivity contribution in [2.45, 2.75) is 50.5 Å². The van der Waals surface area contributed by atoms with Gasteiger partial charge in [-0.15, -0.1) is 0 Å². The SMILES string of the molecule is C[N+](C)(CCCOc1ccccc1)CCc1cnc(C(O)(c2ccccc2)C2CCCCC2)o1.[Br-]. The average molecular weight is 544 g/mol. The lowest BCUT2D eigenvalue weighted by Crippen LogP contribution is -3.00. The Morgan fingerprint density at radius 2 is 1.63 bits per heavy atom. The number of halogens is 1. The van der Waals surface area contributed by atoms with Gasteiger partial charge in [0, 0.05) is 12.3 Å². The van der Waals surface area contributed by atoms with Gasteiger partial charge in [0.1, 0.15) is 11.5 Å². The molecule has 35 heavy (non-hydrogen) atoms. The summed E-state index contributed by atoms with van der Waals surface area (Å²) in [4.78, 5) is 4.61. The maximum atomic E-state index is 12.0. The summed E-state index contributed by atoms with van der Waals surface area (Å²) in [5, 5.41) is 12.0. The fourth-order valence-corrected chi connectivity index (χ4v) is 5.07. The summed E-state index contributed by atoms with van der Waals surface area (Å²) in [6.07, 6.45) is 9.11. The minimum absolute atomic E-state index is 0. The number of nitrogens with zero attached hydrogens (tertiary/aromatic N) is 2. The van der Waals surface area contributed by atoms with Crippen LogP contribution in [0.4, 0.5) is 0 Å². The minimum atomic E-state index is -1.17. The highest BCUT2D eigenvalue weighted by Crippen LogP contribution is 2.43. The molecule has 1 aromatic heterocycles. The zero-order valence-electron chi connectivity index (χ0n) is 21.0. The van der Waals surface area contributed by atoms with Crippen LogP contribution in [-0.2, 0) is 12.0 Å². The maximum absolute atomic E-state index is 12.0.